The monoisotopic (exact) mass is 409 g/mol. The zero-order chi connectivity index (χ0) is 20.8. The number of hydrogen-bond acceptors (Lipinski definition) is 6. The molecule has 0 aromatic carbocycles. The van der Waals surface area contributed by atoms with E-state index in [1.165, 1.54) is 22.9 Å². The maximum absolute atomic E-state index is 14.2. The fourth-order valence-corrected chi connectivity index (χ4v) is 3.62. The van der Waals surface area contributed by atoms with Gasteiger partial charge in [-0.1, -0.05) is 0 Å². The average Bonchev–Trinajstić information content (AvgIpc) is 3.35. The number of carbonyl (C=O) groups excluding carboxylic acids is 2. The molecule has 10 heteroatoms. The smallest absolute Gasteiger partial charge is 0.275 e. The number of pyridine rings is 1. The molecule has 1 aliphatic heterocycles. The van der Waals surface area contributed by atoms with E-state index in [2.05, 4.69) is 25.6 Å². The molecule has 1 saturated carbocycles. The van der Waals surface area contributed by atoms with Gasteiger partial charge in [-0.3, -0.25) is 14.5 Å². The zero-order valence-corrected chi connectivity index (χ0v) is 16.3. The Bertz CT molecular complexity index is 1140. The summed E-state index contributed by atoms with van der Waals surface area (Å²) in [6, 6.07) is 1.47. The summed E-state index contributed by atoms with van der Waals surface area (Å²) >= 11 is 0. The minimum atomic E-state index is -0.538. The molecule has 2 fully saturated rings. The van der Waals surface area contributed by atoms with Crippen molar-refractivity contribution in [3.63, 3.8) is 0 Å². The number of nitrogens with zero attached hydrogens (tertiary/aromatic N) is 5. The molecular weight excluding hydrogens is 389 g/mol. The Morgan fingerprint density at radius 2 is 2.03 bits per heavy atom. The van der Waals surface area contributed by atoms with Crippen LogP contribution in [-0.4, -0.2) is 49.8 Å². The molecule has 0 spiro atoms. The Morgan fingerprint density at radius 3 is 2.77 bits per heavy atom. The van der Waals surface area contributed by atoms with Crippen LogP contribution < -0.4 is 15.5 Å². The van der Waals surface area contributed by atoms with Crippen LogP contribution in [0.5, 0.6) is 0 Å². The van der Waals surface area contributed by atoms with Gasteiger partial charge in [0.2, 0.25) is 5.91 Å². The molecule has 2 amide bonds. The second-order valence-corrected chi connectivity index (χ2v) is 7.68. The lowest BCUT2D eigenvalue weighted by molar-refractivity contribution is -0.118. The van der Waals surface area contributed by atoms with Gasteiger partial charge in [0.25, 0.3) is 5.91 Å². The highest BCUT2D eigenvalue weighted by atomic mass is 19.1. The summed E-state index contributed by atoms with van der Waals surface area (Å²) in [4.78, 5) is 39.1. The molecule has 2 N–H and O–H groups in total. The zero-order valence-electron chi connectivity index (χ0n) is 16.3. The van der Waals surface area contributed by atoms with E-state index in [9.17, 15) is 14.0 Å². The van der Waals surface area contributed by atoms with Crippen LogP contribution >= 0.6 is 0 Å². The Hall–Kier alpha value is -3.40. The van der Waals surface area contributed by atoms with Gasteiger partial charge in [-0.05, 0) is 26.2 Å². The minimum Gasteiger partial charge on any atom is -0.319 e. The number of imidazole rings is 1. The largest absolute Gasteiger partial charge is 0.319 e. The maximum atomic E-state index is 14.2. The van der Waals surface area contributed by atoms with Gasteiger partial charge in [0.15, 0.2) is 17.3 Å². The Kier molecular flexibility index (Phi) is 4.43. The molecule has 4 heterocycles. The fourth-order valence-electron chi connectivity index (χ4n) is 3.62. The van der Waals surface area contributed by atoms with Gasteiger partial charge in [0.1, 0.15) is 5.69 Å². The van der Waals surface area contributed by atoms with Crippen LogP contribution in [0.1, 0.15) is 35.4 Å². The van der Waals surface area contributed by atoms with E-state index in [1.54, 1.807) is 24.2 Å². The number of amides is 2. The second-order valence-electron chi connectivity index (χ2n) is 7.68. The van der Waals surface area contributed by atoms with E-state index in [0.29, 0.717) is 24.1 Å². The molecule has 30 heavy (non-hydrogen) atoms. The molecule has 0 bridgehead atoms. The van der Waals surface area contributed by atoms with E-state index >= 15 is 0 Å². The van der Waals surface area contributed by atoms with E-state index in [-0.39, 0.29) is 29.0 Å². The summed E-state index contributed by atoms with van der Waals surface area (Å²) in [7, 11) is 0. The van der Waals surface area contributed by atoms with Gasteiger partial charge in [0.05, 0.1) is 29.8 Å². The predicted molar refractivity (Wildman–Crippen MR) is 107 cm³/mol. The number of aromatic nitrogens is 4. The van der Waals surface area contributed by atoms with Gasteiger partial charge in [0, 0.05) is 31.0 Å². The highest BCUT2D eigenvalue weighted by Crippen LogP contribution is 2.24. The number of aryl methyl sites for hydroxylation is 1. The van der Waals surface area contributed by atoms with Crippen molar-refractivity contribution in [3.05, 3.63) is 48.1 Å². The van der Waals surface area contributed by atoms with Gasteiger partial charge in [-0.15, -0.1) is 0 Å². The first-order valence-electron chi connectivity index (χ1n) is 9.83. The van der Waals surface area contributed by atoms with Crippen molar-refractivity contribution < 1.29 is 14.0 Å². The molecule has 3 aromatic rings. The standard InChI is InChI=1S/C20H20FN7O2/c1-11-9-27-10-13(6-14(21)18(27)24-11)26-19(29)16-7-23-17(8-22-16)28-5-4-15(20(28)30)25-12-2-3-12/h6-10,12,15,25H,2-5H2,1H3,(H,26,29)/t15-/m0/s1. The topological polar surface area (TPSA) is 105 Å². The number of hydrogen-bond donors (Lipinski definition) is 2. The number of carbonyl (C=O) groups is 2. The molecular formula is C20H20FN7O2. The first kappa shape index (κ1) is 18.6. The lowest BCUT2D eigenvalue weighted by atomic mass is 10.2. The number of nitrogens with one attached hydrogen (secondary N) is 2. The van der Waals surface area contributed by atoms with Crippen LogP contribution in [0, 0.1) is 12.7 Å². The van der Waals surface area contributed by atoms with Crippen LogP contribution in [0.15, 0.2) is 30.9 Å². The molecule has 1 atom stereocenters. The molecule has 1 saturated heterocycles. The molecule has 5 rings (SSSR count). The second kappa shape index (κ2) is 7.13. The SMILES string of the molecule is Cc1cn2cc(NC(=O)c3cnc(N4CC[C@H](NC5CC5)C4=O)cn3)cc(F)c2n1. The van der Waals surface area contributed by atoms with Crippen molar-refractivity contribution in [1.82, 2.24) is 24.7 Å². The Balaban J connectivity index is 1.28. The quantitative estimate of drug-likeness (QED) is 0.665. The highest BCUT2D eigenvalue weighted by molar-refractivity contribution is 6.03. The molecule has 0 unspecified atom stereocenters. The average molecular weight is 409 g/mol. The third-order valence-corrected chi connectivity index (χ3v) is 5.25. The normalized spacial score (nSPS) is 18.9. The first-order valence-corrected chi connectivity index (χ1v) is 9.83. The van der Waals surface area contributed by atoms with Crippen LogP contribution in [0.2, 0.25) is 0 Å². The highest BCUT2D eigenvalue weighted by Gasteiger charge is 2.36. The fraction of sp³-hybridized carbons (Fsp3) is 0.350. The molecule has 2 aliphatic rings. The predicted octanol–water partition coefficient (Wildman–Crippen LogP) is 1.68. The molecule has 154 valence electrons. The lowest BCUT2D eigenvalue weighted by Crippen LogP contribution is -2.39. The van der Waals surface area contributed by atoms with Crippen LogP contribution in [-0.2, 0) is 4.79 Å². The number of anilines is 2. The lowest BCUT2D eigenvalue weighted by Gasteiger charge is -2.16. The van der Waals surface area contributed by atoms with Gasteiger partial charge >= 0.3 is 0 Å². The van der Waals surface area contributed by atoms with Crippen LogP contribution in [0.3, 0.4) is 0 Å². The molecule has 3 aromatic heterocycles. The number of fused-ring (bicyclic) bond motifs is 1. The summed E-state index contributed by atoms with van der Waals surface area (Å²) in [6.07, 6.45) is 8.93. The molecule has 0 radical (unpaired) electrons. The third kappa shape index (κ3) is 3.50. The van der Waals surface area contributed by atoms with Crippen molar-refractivity contribution in [2.24, 2.45) is 0 Å². The first-order chi connectivity index (χ1) is 14.5. The summed E-state index contributed by atoms with van der Waals surface area (Å²) in [6.45, 7) is 2.32. The number of halogens is 1. The van der Waals surface area contributed by atoms with Gasteiger partial charge in [-0.2, -0.15) is 0 Å². The minimum absolute atomic E-state index is 0.0206. The third-order valence-electron chi connectivity index (χ3n) is 5.25. The van der Waals surface area contributed by atoms with Crippen LogP contribution in [0.4, 0.5) is 15.9 Å². The van der Waals surface area contributed by atoms with Crippen LogP contribution in [0.25, 0.3) is 5.65 Å². The van der Waals surface area contributed by atoms with Crippen molar-refractivity contribution >= 4 is 29.0 Å². The Morgan fingerprint density at radius 1 is 1.20 bits per heavy atom. The number of rotatable bonds is 5. The van der Waals surface area contributed by atoms with Crippen molar-refractivity contribution in [2.45, 2.75) is 38.3 Å². The van der Waals surface area contributed by atoms with E-state index in [0.717, 1.165) is 19.3 Å². The van der Waals surface area contributed by atoms with E-state index < -0.39 is 11.7 Å². The Labute approximate surface area is 171 Å². The van der Waals surface area contributed by atoms with Gasteiger partial charge < -0.3 is 15.0 Å². The molecule has 1 aliphatic carbocycles. The summed E-state index contributed by atoms with van der Waals surface area (Å²) in [5, 5.41) is 5.95. The summed E-state index contributed by atoms with van der Waals surface area (Å²) in [5.74, 6) is -0.666. The summed E-state index contributed by atoms with van der Waals surface area (Å²) in [5.41, 5.74) is 1.21. The summed E-state index contributed by atoms with van der Waals surface area (Å²) < 4.78 is 15.7. The molecule has 9 nitrogen and oxygen atoms in total. The van der Waals surface area contributed by atoms with E-state index in [4.69, 9.17) is 0 Å². The van der Waals surface area contributed by atoms with Crippen molar-refractivity contribution in [2.75, 3.05) is 16.8 Å². The maximum Gasteiger partial charge on any atom is 0.275 e. The van der Waals surface area contributed by atoms with Gasteiger partial charge in [-0.25, -0.2) is 19.3 Å². The van der Waals surface area contributed by atoms with Crippen molar-refractivity contribution in [3.8, 4) is 0 Å². The van der Waals surface area contributed by atoms with Crippen molar-refractivity contribution in [1.29, 1.82) is 0 Å². The van der Waals surface area contributed by atoms with E-state index in [1.807, 2.05) is 0 Å².